The van der Waals surface area contributed by atoms with E-state index in [2.05, 4.69) is 10.2 Å². The molecule has 0 bridgehead atoms. The van der Waals surface area contributed by atoms with Gasteiger partial charge in [0.15, 0.2) is 5.82 Å². The lowest BCUT2D eigenvalue weighted by Crippen LogP contribution is -2.26. The van der Waals surface area contributed by atoms with Gasteiger partial charge in [-0.05, 0) is 29.7 Å². The number of methoxy groups -OCH3 is 1. The molecule has 1 amide bonds. The summed E-state index contributed by atoms with van der Waals surface area (Å²) in [5, 5.41) is 7.24. The smallest absolute Gasteiger partial charge is 0.228 e. The molecule has 128 valence electrons. The van der Waals surface area contributed by atoms with E-state index in [1.807, 2.05) is 60.7 Å². The summed E-state index contributed by atoms with van der Waals surface area (Å²) in [5.41, 5.74) is 3.04. The van der Waals surface area contributed by atoms with Crippen LogP contribution in [0, 0.1) is 0 Å². The molecule has 5 heteroatoms. The zero-order chi connectivity index (χ0) is 17.6. The van der Waals surface area contributed by atoms with Gasteiger partial charge in [0.05, 0.1) is 12.8 Å². The fourth-order valence-corrected chi connectivity index (χ4v) is 2.59. The molecule has 5 nitrogen and oxygen atoms in total. The molecule has 0 radical (unpaired) electrons. The Bertz CT molecular complexity index is 826. The van der Waals surface area contributed by atoms with Gasteiger partial charge in [0.25, 0.3) is 0 Å². The monoisotopic (exact) mass is 335 g/mol. The molecule has 0 unspecified atom stereocenters. The van der Waals surface area contributed by atoms with E-state index >= 15 is 0 Å². The lowest BCUT2D eigenvalue weighted by Gasteiger charge is -2.13. The van der Waals surface area contributed by atoms with Crippen LogP contribution in [0.2, 0.25) is 0 Å². The normalized spacial score (nSPS) is 10.5. The number of H-pyrrole nitrogens is 1. The molecular weight excluding hydrogens is 314 g/mol. The van der Waals surface area contributed by atoms with Gasteiger partial charge in [-0.25, -0.2) is 0 Å². The molecule has 0 saturated heterocycles. The Hall–Kier alpha value is -3.08. The molecular formula is C20H21N3O2. The molecule has 1 aromatic heterocycles. The highest BCUT2D eigenvalue weighted by molar-refractivity contribution is 5.92. The average molecular weight is 335 g/mol. The highest BCUT2D eigenvalue weighted by Gasteiger charge is 2.14. The lowest BCUT2D eigenvalue weighted by molar-refractivity contribution is -0.118. The summed E-state index contributed by atoms with van der Waals surface area (Å²) < 4.78 is 5.14. The van der Waals surface area contributed by atoms with Gasteiger partial charge in [0, 0.05) is 19.5 Å². The molecule has 0 spiro atoms. The lowest BCUT2D eigenvalue weighted by atomic mass is 10.1. The van der Waals surface area contributed by atoms with Gasteiger partial charge < -0.3 is 4.74 Å². The number of benzene rings is 2. The van der Waals surface area contributed by atoms with Crippen molar-refractivity contribution in [1.82, 2.24) is 10.2 Å². The van der Waals surface area contributed by atoms with E-state index in [4.69, 9.17) is 4.74 Å². The number of carbonyl (C=O) groups excluding carboxylic acids is 1. The minimum Gasteiger partial charge on any atom is -0.497 e. The number of rotatable bonds is 6. The van der Waals surface area contributed by atoms with E-state index in [1.165, 1.54) is 0 Å². The molecule has 0 atom stereocenters. The summed E-state index contributed by atoms with van der Waals surface area (Å²) in [4.78, 5) is 14.0. The fraction of sp³-hybridized carbons (Fsp3) is 0.200. The van der Waals surface area contributed by atoms with Crippen molar-refractivity contribution in [2.24, 2.45) is 0 Å². The van der Waals surface area contributed by atoms with E-state index in [-0.39, 0.29) is 5.91 Å². The van der Waals surface area contributed by atoms with Crippen LogP contribution in [-0.2, 0) is 11.2 Å². The zero-order valence-corrected chi connectivity index (χ0v) is 14.4. The van der Waals surface area contributed by atoms with Gasteiger partial charge in [-0.3, -0.25) is 14.8 Å². The summed E-state index contributed by atoms with van der Waals surface area (Å²) in [5.74, 6) is 1.47. The number of carbonyl (C=O) groups is 1. The van der Waals surface area contributed by atoms with Gasteiger partial charge in [-0.15, -0.1) is 0 Å². The van der Waals surface area contributed by atoms with E-state index in [9.17, 15) is 4.79 Å². The standard InChI is InChI=1S/C20H21N3O2/c1-23(19-14-18(21-22-19)16-6-4-3-5-7-16)20(24)13-10-15-8-11-17(25-2)12-9-15/h3-9,11-12,14H,10,13H2,1-2H3,(H,21,22). The van der Waals surface area contributed by atoms with Crippen molar-refractivity contribution in [2.75, 3.05) is 19.1 Å². The van der Waals surface area contributed by atoms with E-state index < -0.39 is 0 Å². The predicted octanol–water partition coefficient (Wildman–Crippen LogP) is 3.68. The number of nitrogens with zero attached hydrogens (tertiary/aromatic N) is 2. The molecule has 0 saturated carbocycles. The topological polar surface area (TPSA) is 58.2 Å². The molecule has 1 N–H and O–H groups in total. The second kappa shape index (κ2) is 7.66. The third-order valence-corrected chi connectivity index (χ3v) is 4.15. The second-order valence-electron chi connectivity index (χ2n) is 5.81. The maximum absolute atomic E-state index is 12.4. The second-order valence-corrected chi connectivity index (χ2v) is 5.81. The van der Waals surface area contributed by atoms with Gasteiger partial charge in [-0.1, -0.05) is 42.5 Å². The van der Waals surface area contributed by atoms with Crippen molar-refractivity contribution in [1.29, 1.82) is 0 Å². The molecule has 3 rings (SSSR count). The van der Waals surface area contributed by atoms with Crippen molar-refractivity contribution in [2.45, 2.75) is 12.8 Å². The molecule has 0 fully saturated rings. The molecule has 0 aliphatic carbocycles. The fourth-order valence-electron chi connectivity index (χ4n) is 2.59. The zero-order valence-electron chi connectivity index (χ0n) is 14.4. The Morgan fingerprint density at radius 3 is 2.52 bits per heavy atom. The number of aromatic amines is 1. The van der Waals surface area contributed by atoms with Crippen LogP contribution in [0.1, 0.15) is 12.0 Å². The number of hydrogen-bond donors (Lipinski definition) is 1. The average Bonchev–Trinajstić information content (AvgIpc) is 3.16. The van der Waals surface area contributed by atoms with E-state index in [0.29, 0.717) is 18.7 Å². The SMILES string of the molecule is COc1ccc(CCC(=O)N(C)c2cc(-c3ccccc3)[nH]n2)cc1. The highest BCUT2D eigenvalue weighted by atomic mass is 16.5. The number of aryl methyl sites for hydroxylation is 1. The maximum Gasteiger partial charge on any atom is 0.228 e. The minimum atomic E-state index is 0.0296. The highest BCUT2D eigenvalue weighted by Crippen LogP contribution is 2.21. The van der Waals surface area contributed by atoms with Gasteiger partial charge in [0.2, 0.25) is 5.91 Å². The Kier molecular flexibility index (Phi) is 5.14. The van der Waals surface area contributed by atoms with Gasteiger partial charge >= 0.3 is 0 Å². The van der Waals surface area contributed by atoms with Crippen molar-refractivity contribution < 1.29 is 9.53 Å². The summed E-state index contributed by atoms with van der Waals surface area (Å²) in [6.07, 6.45) is 1.11. The summed E-state index contributed by atoms with van der Waals surface area (Å²) in [6.45, 7) is 0. The molecule has 1 heterocycles. The summed E-state index contributed by atoms with van der Waals surface area (Å²) >= 11 is 0. The van der Waals surface area contributed by atoms with E-state index in [0.717, 1.165) is 22.6 Å². The third-order valence-electron chi connectivity index (χ3n) is 4.15. The molecule has 0 aliphatic heterocycles. The van der Waals surface area contributed by atoms with Crippen LogP contribution in [0.25, 0.3) is 11.3 Å². The van der Waals surface area contributed by atoms with Crippen LogP contribution < -0.4 is 9.64 Å². The molecule has 3 aromatic rings. The number of aromatic nitrogens is 2. The summed E-state index contributed by atoms with van der Waals surface area (Å²) in [6, 6.07) is 19.6. The van der Waals surface area contributed by atoms with Crippen LogP contribution in [0.5, 0.6) is 5.75 Å². The van der Waals surface area contributed by atoms with Gasteiger partial charge in [0.1, 0.15) is 5.75 Å². The van der Waals surface area contributed by atoms with Crippen LogP contribution in [0.3, 0.4) is 0 Å². The van der Waals surface area contributed by atoms with Crippen molar-refractivity contribution in [3.05, 3.63) is 66.2 Å². The first-order valence-corrected chi connectivity index (χ1v) is 8.17. The number of ether oxygens (including phenoxy) is 1. The van der Waals surface area contributed by atoms with Crippen LogP contribution in [0.15, 0.2) is 60.7 Å². The van der Waals surface area contributed by atoms with Crippen molar-refractivity contribution in [3.63, 3.8) is 0 Å². The molecule has 25 heavy (non-hydrogen) atoms. The van der Waals surface area contributed by atoms with Crippen molar-refractivity contribution in [3.8, 4) is 17.0 Å². The number of hydrogen-bond acceptors (Lipinski definition) is 3. The van der Waals surface area contributed by atoms with Crippen LogP contribution >= 0.6 is 0 Å². The number of nitrogens with one attached hydrogen (secondary N) is 1. The first kappa shape index (κ1) is 16.8. The maximum atomic E-state index is 12.4. The third kappa shape index (κ3) is 4.07. The van der Waals surface area contributed by atoms with Crippen molar-refractivity contribution >= 4 is 11.7 Å². The Labute approximate surface area is 147 Å². The number of amides is 1. The first-order valence-electron chi connectivity index (χ1n) is 8.17. The first-order chi connectivity index (χ1) is 12.2. The minimum absolute atomic E-state index is 0.0296. The van der Waals surface area contributed by atoms with E-state index in [1.54, 1.807) is 19.1 Å². The van der Waals surface area contributed by atoms with Gasteiger partial charge in [-0.2, -0.15) is 5.10 Å². The van der Waals surface area contributed by atoms with Crippen LogP contribution in [-0.4, -0.2) is 30.3 Å². The Morgan fingerprint density at radius 2 is 1.84 bits per heavy atom. The Balaban J connectivity index is 1.61. The molecule has 2 aromatic carbocycles. The predicted molar refractivity (Wildman–Crippen MR) is 98.7 cm³/mol. The molecule has 0 aliphatic rings. The quantitative estimate of drug-likeness (QED) is 0.747. The van der Waals surface area contributed by atoms with Crippen LogP contribution in [0.4, 0.5) is 5.82 Å². The summed E-state index contributed by atoms with van der Waals surface area (Å²) in [7, 11) is 3.39. The number of anilines is 1. The Morgan fingerprint density at radius 1 is 1.12 bits per heavy atom. The largest absolute Gasteiger partial charge is 0.497 e.